The molecule has 1 heterocycles. The fraction of sp³-hybridized carbons (Fsp3) is 0.167. The van der Waals surface area contributed by atoms with Gasteiger partial charge in [-0.1, -0.05) is 41.4 Å². The number of carbonyl (C=O) groups is 1. The van der Waals surface area contributed by atoms with Gasteiger partial charge in [-0.15, -0.1) is 0 Å². The number of benzene rings is 3. The number of nitrogens with one attached hydrogen (secondary N) is 1. The minimum atomic E-state index is -0.437. The Morgan fingerprint density at radius 2 is 1.78 bits per heavy atom. The summed E-state index contributed by atoms with van der Waals surface area (Å²) in [4.78, 5) is 19.9. The largest absolute Gasteiger partial charge is 0.485 e. The van der Waals surface area contributed by atoms with Crippen LogP contribution in [0.1, 0.15) is 28.7 Å². The number of carbonyl (C=O) groups excluding carboxylic acids is 1. The maximum Gasteiger partial charge on any atom is 0.338 e. The van der Waals surface area contributed by atoms with E-state index in [1.807, 2.05) is 24.3 Å². The van der Waals surface area contributed by atoms with E-state index in [4.69, 9.17) is 37.4 Å². The normalized spacial score (nSPS) is 10.8. The summed E-state index contributed by atoms with van der Waals surface area (Å²) in [5.74, 6) is 1.06. The van der Waals surface area contributed by atoms with Crippen molar-refractivity contribution in [2.45, 2.75) is 20.1 Å². The maximum atomic E-state index is 12.2. The molecule has 32 heavy (non-hydrogen) atoms. The number of hydrogen-bond donors (Lipinski definition) is 1. The van der Waals surface area contributed by atoms with Crippen molar-refractivity contribution in [3.8, 4) is 11.5 Å². The quantitative estimate of drug-likeness (QED) is 0.310. The lowest BCUT2D eigenvalue weighted by Crippen LogP contribution is -2.07. The van der Waals surface area contributed by atoms with Crippen LogP contribution in [0.25, 0.3) is 11.0 Å². The number of nitrogens with zero attached hydrogens (tertiary/aromatic N) is 1. The van der Waals surface area contributed by atoms with Gasteiger partial charge in [0.25, 0.3) is 0 Å². The number of ether oxygens (including phenoxy) is 3. The molecular weight excluding hydrogens is 451 g/mol. The molecule has 0 aliphatic heterocycles. The minimum Gasteiger partial charge on any atom is -0.485 e. The second-order valence-corrected chi connectivity index (χ2v) is 7.74. The monoisotopic (exact) mass is 470 g/mol. The van der Waals surface area contributed by atoms with Crippen molar-refractivity contribution in [2.24, 2.45) is 0 Å². The van der Waals surface area contributed by atoms with Crippen LogP contribution in [0.2, 0.25) is 10.0 Å². The van der Waals surface area contributed by atoms with Gasteiger partial charge in [0, 0.05) is 15.6 Å². The Morgan fingerprint density at radius 3 is 2.56 bits per heavy atom. The Hall–Kier alpha value is -3.22. The van der Waals surface area contributed by atoms with Crippen LogP contribution >= 0.6 is 23.2 Å². The molecule has 0 radical (unpaired) electrons. The molecule has 0 spiro atoms. The minimum absolute atomic E-state index is 0.166. The van der Waals surface area contributed by atoms with Gasteiger partial charge in [0.05, 0.1) is 23.2 Å². The zero-order valence-electron chi connectivity index (χ0n) is 17.2. The number of aromatic amines is 1. The zero-order valence-corrected chi connectivity index (χ0v) is 18.7. The van der Waals surface area contributed by atoms with E-state index in [9.17, 15) is 4.79 Å². The number of imidazole rings is 1. The zero-order chi connectivity index (χ0) is 22.5. The van der Waals surface area contributed by atoms with Gasteiger partial charge in [-0.05, 0) is 49.4 Å². The number of esters is 1. The number of hydrogen-bond acceptors (Lipinski definition) is 5. The number of fused-ring (bicyclic) bond motifs is 1. The van der Waals surface area contributed by atoms with Crippen LogP contribution in [-0.4, -0.2) is 22.5 Å². The number of para-hydroxylation sites is 2. The van der Waals surface area contributed by atoms with Crippen LogP contribution in [0, 0.1) is 0 Å². The van der Waals surface area contributed by atoms with E-state index in [1.54, 1.807) is 43.3 Å². The average molecular weight is 471 g/mol. The van der Waals surface area contributed by atoms with Crippen molar-refractivity contribution >= 4 is 40.2 Å². The van der Waals surface area contributed by atoms with Crippen LogP contribution in [0.4, 0.5) is 0 Å². The molecule has 0 saturated carbocycles. The first-order chi connectivity index (χ1) is 15.5. The summed E-state index contributed by atoms with van der Waals surface area (Å²) < 4.78 is 17.0. The van der Waals surface area contributed by atoms with E-state index >= 15 is 0 Å². The topological polar surface area (TPSA) is 73.4 Å². The Balaban J connectivity index is 1.56. The van der Waals surface area contributed by atoms with Crippen LogP contribution in [0.5, 0.6) is 11.5 Å². The summed E-state index contributed by atoms with van der Waals surface area (Å²) >= 11 is 12.2. The lowest BCUT2D eigenvalue weighted by atomic mass is 10.2. The van der Waals surface area contributed by atoms with Crippen molar-refractivity contribution in [2.75, 3.05) is 6.61 Å². The lowest BCUT2D eigenvalue weighted by molar-refractivity contribution is 0.0525. The van der Waals surface area contributed by atoms with Crippen molar-refractivity contribution < 1.29 is 19.0 Å². The Labute approximate surface area is 195 Å². The van der Waals surface area contributed by atoms with Crippen molar-refractivity contribution in [1.82, 2.24) is 9.97 Å². The number of aromatic nitrogens is 2. The van der Waals surface area contributed by atoms with Crippen molar-refractivity contribution in [3.05, 3.63) is 87.7 Å². The second kappa shape index (κ2) is 9.94. The van der Waals surface area contributed by atoms with Crippen LogP contribution < -0.4 is 9.47 Å². The van der Waals surface area contributed by atoms with E-state index < -0.39 is 5.97 Å². The molecule has 0 fully saturated rings. The highest BCUT2D eigenvalue weighted by Crippen LogP contribution is 2.31. The van der Waals surface area contributed by atoms with Crippen molar-refractivity contribution in [3.63, 3.8) is 0 Å². The molecule has 4 rings (SSSR count). The predicted octanol–water partition coefficient (Wildman–Crippen LogP) is 6.20. The first-order valence-electron chi connectivity index (χ1n) is 9.98. The maximum absolute atomic E-state index is 12.2. The van der Waals surface area contributed by atoms with E-state index in [0.717, 1.165) is 16.6 Å². The van der Waals surface area contributed by atoms with Crippen molar-refractivity contribution in [1.29, 1.82) is 0 Å². The van der Waals surface area contributed by atoms with Gasteiger partial charge >= 0.3 is 5.97 Å². The summed E-state index contributed by atoms with van der Waals surface area (Å²) in [6.45, 7) is 2.40. The molecule has 0 aliphatic carbocycles. The van der Waals surface area contributed by atoms with Gasteiger partial charge in [-0.3, -0.25) is 0 Å². The molecule has 4 aromatic rings. The Bertz CT molecular complexity index is 1220. The lowest BCUT2D eigenvalue weighted by Gasteiger charge is -2.14. The summed E-state index contributed by atoms with van der Waals surface area (Å²) in [6.07, 6.45) is 0. The Kier molecular flexibility index (Phi) is 6.83. The molecule has 0 aliphatic rings. The highest BCUT2D eigenvalue weighted by molar-refractivity contribution is 6.35. The Morgan fingerprint density at radius 1 is 0.969 bits per heavy atom. The van der Waals surface area contributed by atoms with Gasteiger partial charge in [0.1, 0.15) is 19.0 Å². The summed E-state index contributed by atoms with van der Waals surface area (Å²) in [7, 11) is 0. The SMILES string of the molecule is CCOC(=O)c1ccc(OCc2ccc(Cl)cc2Cl)c(OCc2nc3ccccc3[nH]2)c1. The highest BCUT2D eigenvalue weighted by atomic mass is 35.5. The number of H-pyrrole nitrogens is 1. The summed E-state index contributed by atoms with van der Waals surface area (Å²) in [5.41, 5.74) is 2.90. The first-order valence-corrected chi connectivity index (χ1v) is 10.7. The number of rotatable bonds is 8. The van der Waals surface area contributed by atoms with Gasteiger partial charge in [-0.2, -0.15) is 0 Å². The van der Waals surface area contributed by atoms with Crippen LogP contribution in [0.15, 0.2) is 60.7 Å². The summed E-state index contributed by atoms with van der Waals surface area (Å²) in [5, 5.41) is 1.05. The van der Waals surface area contributed by atoms with Gasteiger partial charge in [0.15, 0.2) is 11.5 Å². The molecule has 1 N–H and O–H groups in total. The molecule has 3 aromatic carbocycles. The number of halogens is 2. The van der Waals surface area contributed by atoms with E-state index in [0.29, 0.717) is 32.9 Å². The standard InChI is InChI=1S/C24H20Cl2N2O4/c1-2-30-24(29)15-8-10-21(31-13-16-7-9-17(25)12-18(16)26)22(11-15)32-14-23-27-19-5-3-4-6-20(19)28-23/h3-12H,2,13-14H2,1H3,(H,27,28). The molecule has 0 atom stereocenters. The third-order valence-corrected chi connectivity index (χ3v) is 5.24. The molecule has 0 amide bonds. The van der Waals surface area contributed by atoms with E-state index in [-0.39, 0.29) is 19.8 Å². The molecule has 1 aromatic heterocycles. The van der Waals surface area contributed by atoms with Gasteiger partial charge in [-0.25, -0.2) is 9.78 Å². The molecular formula is C24H20Cl2N2O4. The smallest absolute Gasteiger partial charge is 0.338 e. The molecule has 0 saturated heterocycles. The third kappa shape index (κ3) is 5.15. The van der Waals surface area contributed by atoms with Crippen LogP contribution in [-0.2, 0) is 18.0 Å². The molecule has 8 heteroatoms. The molecule has 0 unspecified atom stereocenters. The first kappa shape index (κ1) is 22.0. The fourth-order valence-electron chi connectivity index (χ4n) is 3.10. The molecule has 164 valence electrons. The van der Waals surface area contributed by atoms with E-state index in [2.05, 4.69) is 9.97 Å². The third-order valence-electron chi connectivity index (χ3n) is 4.66. The second-order valence-electron chi connectivity index (χ2n) is 6.90. The predicted molar refractivity (Wildman–Crippen MR) is 124 cm³/mol. The fourth-order valence-corrected chi connectivity index (χ4v) is 3.56. The molecule has 0 bridgehead atoms. The van der Waals surface area contributed by atoms with Crippen LogP contribution in [0.3, 0.4) is 0 Å². The van der Waals surface area contributed by atoms with Gasteiger partial charge in [0.2, 0.25) is 0 Å². The highest BCUT2D eigenvalue weighted by Gasteiger charge is 2.14. The van der Waals surface area contributed by atoms with E-state index in [1.165, 1.54) is 0 Å². The van der Waals surface area contributed by atoms with Gasteiger partial charge < -0.3 is 19.2 Å². The summed E-state index contributed by atoms with van der Waals surface area (Å²) in [6, 6.07) is 17.8. The molecule has 6 nitrogen and oxygen atoms in total. The average Bonchev–Trinajstić information content (AvgIpc) is 3.20.